The van der Waals surface area contributed by atoms with Crippen LogP contribution in [0.25, 0.3) is 10.2 Å². The Hall–Kier alpha value is -1.73. The average molecular weight is 278 g/mol. The van der Waals surface area contributed by atoms with Crippen LogP contribution in [0, 0.1) is 0 Å². The zero-order valence-corrected chi connectivity index (χ0v) is 11.0. The molecule has 3 rings (SSSR count). The third-order valence-corrected chi connectivity index (χ3v) is 3.79. The predicted octanol–water partition coefficient (Wildman–Crippen LogP) is 0.353. The molecule has 1 saturated carbocycles. The van der Waals surface area contributed by atoms with Gasteiger partial charge in [-0.2, -0.15) is 0 Å². The molecular weight excluding hydrogens is 264 g/mol. The van der Waals surface area contributed by atoms with Gasteiger partial charge in [-0.15, -0.1) is 11.3 Å². The van der Waals surface area contributed by atoms with Crippen LogP contribution in [0.4, 0.5) is 0 Å². The number of amides is 1. The Balaban J connectivity index is 1.58. The molecule has 1 aliphatic carbocycles. The highest BCUT2D eigenvalue weighted by atomic mass is 32.1. The summed E-state index contributed by atoms with van der Waals surface area (Å²) in [7, 11) is 0. The van der Waals surface area contributed by atoms with Crippen molar-refractivity contribution in [2.24, 2.45) is 0 Å². The van der Waals surface area contributed by atoms with E-state index < -0.39 is 0 Å². The van der Waals surface area contributed by atoms with Gasteiger partial charge in [0.1, 0.15) is 10.5 Å². The molecule has 0 bridgehead atoms. The molecule has 19 heavy (non-hydrogen) atoms. The molecule has 1 aliphatic rings. The number of carbonyl (C=O) groups excluding carboxylic acids is 1. The molecule has 0 unspecified atom stereocenters. The summed E-state index contributed by atoms with van der Waals surface area (Å²) >= 11 is 1.37. The van der Waals surface area contributed by atoms with Crippen molar-refractivity contribution in [1.82, 2.24) is 20.6 Å². The summed E-state index contributed by atoms with van der Waals surface area (Å²) in [4.78, 5) is 30.2. The quantitative estimate of drug-likeness (QED) is 0.736. The number of rotatable bonds is 5. The number of aromatic amines is 1. The van der Waals surface area contributed by atoms with Crippen molar-refractivity contribution in [2.45, 2.75) is 25.4 Å². The van der Waals surface area contributed by atoms with Crippen LogP contribution in [0.3, 0.4) is 0 Å². The first-order valence-electron chi connectivity index (χ1n) is 6.19. The van der Waals surface area contributed by atoms with E-state index in [2.05, 4.69) is 20.6 Å². The van der Waals surface area contributed by atoms with Gasteiger partial charge >= 0.3 is 0 Å². The van der Waals surface area contributed by atoms with Gasteiger partial charge in [0.2, 0.25) is 5.91 Å². The highest BCUT2D eigenvalue weighted by molar-refractivity contribution is 7.17. The van der Waals surface area contributed by atoms with Gasteiger partial charge in [-0.3, -0.25) is 9.59 Å². The van der Waals surface area contributed by atoms with E-state index in [0.717, 1.165) is 12.8 Å². The Morgan fingerprint density at radius 2 is 2.37 bits per heavy atom. The van der Waals surface area contributed by atoms with Crippen molar-refractivity contribution in [3.63, 3.8) is 0 Å². The Bertz CT molecular complexity index is 659. The minimum Gasteiger partial charge on any atom is -0.352 e. The molecule has 2 heterocycles. The molecule has 1 fully saturated rings. The van der Waals surface area contributed by atoms with Gasteiger partial charge in [0, 0.05) is 6.04 Å². The van der Waals surface area contributed by atoms with Crippen molar-refractivity contribution in [1.29, 1.82) is 0 Å². The van der Waals surface area contributed by atoms with Crippen LogP contribution in [0.1, 0.15) is 18.7 Å². The summed E-state index contributed by atoms with van der Waals surface area (Å²) in [5.74, 6) is 0.539. The molecule has 0 radical (unpaired) electrons. The predicted molar refractivity (Wildman–Crippen MR) is 73.1 cm³/mol. The molecule has 7 heteroatoms. The highest BCUT2D eigenvalue weighted by Gasteiger charge is 2.22. The maximum Gasteiger partial charge on any atom is 0.268 e. The lowest BCUT2D eigenvalue weighted by atomic mass is 10.4. The van der Waals surface area contributed by atoms with Crippen LogP contribution >= 0.6 is 11.3 Å². The van der Waals surface area contributed by atoms with Crippen LogP contribution in [-0.2, 0) is 11.3 Å². The fourth-order valence-electron chi connectivity index (χ4n) is 1.81. The van der Waals surface area contributed by atoms with Gasteiger partial charge < -0.3 is 15.6 Å². The lowest BCUT2D eigenvalue weighted by molar-refractivity contribution is -0.120. The summed E-state index contributed by atoms with van der Waals surface area (Å²) in [5.41, 5.74) is 0.576. The van der Waals surface area contributed by atoms with Crippen molar-refractivity contribution >= 4 is 27.5 Å². The van der Waals surface area contributed by atoms with Crippen molar-refractivity contribution < 1.29 is 4.79 Å². The fourth-order valence-corrected chi connectivity index (χ4v) is 2.53. The molecule has 3 N–H and O–H groups in total. The molecule has 1 amide bonds. The normalized spacial score (nSPS) is 14.7. The first kappa shape index (κ1) is 12.3. The summed E-state index contributed by atoms with van der Waals surface area (Å²) < 4.78 is 0.634. The summed E-state index contributed by atoms with van der Waals surface area (Å²) in [5, 5.41) is 7.70. The number of H-pyrrole nitrogens is 1. The largest absolute Gasteiger partial charge is 0.352 e. The monoisotopic (exact) mass is 278 g/mol. The van der Waals surface area contributed by atoms with E-state index in [9.17, 15) is 9.59 Å². The van der Waals surface area contributed by atoms with E-state index in [1.807, 2.05) is 11.4 Å². The second-order valence-electron chi connectivity index (χ2n) is 4.59. The van der Waals surface area contributed by atoms with E-state index in [-0.39, 0.29) is 18.0 Å². The number of hydrogen-bond donors (Lipinski definition) is 3. The fraction of sp³-hybridized carbons (Fsp3) is 0.417. The minimum atomic E-state index is -0.126. The maximum absolute atomic E-state index is 11.7. The zero-order valence-electron chi connectivity index (χ0n) is 10.2. The third kappa shape index (κ3) is 2.99. The number of aromatic nitrogens is 2. The zero-order chi connectivity index (χ0) is 13.2. The van der Waals surface area contributed by atoms with Crippen LogP contribution < -0.4 is 16.2 Å². The van der Waals surface area contributed by atoms with Gasteiger partial charge in [0.15, 0.2) is 0 Å². The van der Waals surface area contributed by atoms with Gasteiger partial charge in [-0.1, -0.05) is 0 Å². The van der Waals surface area contributed by atoms with E-state index in [1.54, 1.807) is 0 Å². The second kappa shape index (κ2) is 5.10. The van der Waals surface area contributed by atoms with Crippen LogP contribution in [0.2, 0.25) is 0 Å². The van der Waals surface area contributed by atoms with Crippen molar-refractivity contribution in [2.75, 3.05) is 6.54 Å². The number of hydrogen-bond acceptors (Lipinski definition) is 5. The molecule has 2 aromatic heterocycles. The molecule has 0 spiro atoms. The van der Waals surface area contributed by atoms with Crippen LogP contribution in [-0.4, -0.2) is 28.5 Å². The van der Waals surface area contributed by atoms with E-state index in [4.69, 9.17) is 0 Å². The van der Waals surface area contributed by atoms with Crippen molar-refractivity contribution in [3.05, 3.63) is 27.6 Å². The number of nitrogens with zero attached hydrogens (tertiary/aromatic N) is 1. The molecular formula is C12H14N4O2S. The summed E-state index contributed by atoms with van der Waals surface area (Å²) in [6.07, 6.45) is 2.16. The first-order chi connectivity index (χ1) is 9.22. The Labute approximate surface area is 113 Å². The topological polar surface area (TPSA) is 86.9 Å². The minimum absolute atomic E-state index is 0.0125. The van der Waals surface area contributed by atoms with E-state index >= 15 is 0 Å². The molecule has 0 atom stereocenters. The smallest absolute Gasteiger partial charge is 0.268 e. The standard InChI is InChI=1S/C12H14N4O2S/c17-10(14-7-1-2-7)6-13-5-9-15-8-3-4-19-11(8)12(18)16-9/h3-4,7,13H,1-2,5-6H2,(H,14,17)(H,15,16,18). The SMILES string of the molecule is O=C(CNCc1nc2ccsc2c(=O)[nH]1)NC1CC1. The van der Waals surface area contributed by atoms with E-state index in [1.165, 1.54) is 11.3 Å². The van der Waals surface area contributed by atoms with Crippen molar-refractivity contribution in [3.8, 4) is 0 Å². The first-order valence-corrected chi connectivity index (χ1v) is 7.07. The number of carbonyl (C=O) groups is 1. The molecule has 0 aliphatic heterocycles. The van der Waals surface area contributed by atoms with Gasteiger partial charge in [-0.25, -0.2) is 4.98 Å². The molecule has 0 saturated heterocycles. The number of nitrogens with one attached hydrogen (secondary N) is 3. The van der Waals surface area contributed by atoms with Gasteiger partial charge in [-0.05, 0) is 24.3 Å². The molecule has 0 aromatic carbocycles. The maximum atomic E-state index is 11.7. The summed E-state index contributed by atoms with van der Waals surface area (Å²) in [6.45, 7) is 0.612. The van der Waals surface area contributed by atoms with Gasteiger partial charge in [0.05, 0.1) is 18.6 Å². The van der Waals surface area contributed by atoms with Gasteiger partial charge in [0.25, 0.3) is 5.56 Å². The number of fused-ring (bicyclic) bond motifs is 1. The van der Waals surface area contributed by atoms with E-state index in [0.29, 0.717) is 28.6 Å². The Kier molecular flexibility index (Phi) is 3.31. The van der Waals surface area contributed by atoms with Crippen LogP contribution in [0.5, 0.6) is 0 Å². The summed E-state index contributed by atoms with van der Waals surface area (Å²) in [6, 6.07) is 2.19. The molecule has 100 valence electrons. The lowest BCUT2D eigenvalue weighted by Gasteiger charge is -2.05. The Morgan fingerprint density at radius 1 is 1.53 bits per heavy atom. The average Bonchev–Trinajstić information content (AvgIpc) is 3.04. The molecule has 6 nitrogen and oxygen atoms in total. The Morgan fingerprint density at radius 3 is 3.16 bits per heavy atom. The lowest BCUT2D eigenvalue weighted by Crippen LogP contribution is -2.35. The number of thiophene rings is 1. The van der Waals surface area contributed by atoms with Crippen LogP contribution in [0.15, 0.2) is 16.2 Å². The third-order valence-electron chi connectivity index (χ3n) is 2.88. The highest BCUT2D eigenvalue weighted by Crippen LogP contribution is 2.18. The second-order valence-corrected chi connectivity index (χ2v) is 5.51. The molecule has 2 aromatic rings.